The van der Waals surface area contributed by atoms with Gasteiger partial charge in [0, 0.05) is 6.61 Å². The topological polar surface area (TPSA) is 61.0 Å². The van der Waals surface area contributed by atoms with Crippen LogP contribution in [0.3, 0.4) is 0 Å². The van der Waals surface area contributed by atoms with E-state index < -0.39 is 0 Å². The first-order valence-electron chi connectivity index (χ1n) is 5.07. The van der Waals surface area contributed by atoms with E-state index in [-0.39, 0.29) is 0 Å². The molecule has 0 radical (unpaired) electrons. The van der Waals surface area contributed by atoms with E-state index >= 15 is 0 Å². The summed E-state index contributed by atoms with van der Waals surface area (Å²) in [5.41, 5.74) is 6.79. The molecular weight excluding hydrogens is 305 g/mol. The Balaban J connectivity index is 2.77. The van der Waals surface area contributed by atoms with E-state index in [2.05, 4.69) is 46.4 Å². The molecule has 0 aliphatic heterocycles. The lowest BCUT2D eigenvalue weighted by atomic mass is 10.3. The van der Waals surface area contributed by atoms with Gasteiger partial charge in [0.25, 0.3) is 0 Å². The van der Waals surface area contributed by atoms with Crippen LogP contribution in [-0.4, -0.2) is 16.6 Å². The number of aryl methyl sites for hydroxylation is 1. The van der Waals surface area contributed by atoms with Crippen molar-refractivity contribution in [3.8, 4) is 0 Å². The number of ether oxygens (including phenoxy) is 1. The highest BCUT2D eigenvalue weighted by atomic mass is 127. The molecule has 5 heteroatoms. The monoisotopic (exact) mass is 321 g/mol. The molecule has 4 nitrogen and oxygen atoms in total. The number of anilines is 1. The zero-order valence-corrected chi connectivity index (χ0v) is 11.2. The van der Waals surface area contributed by atoms with Crippen molar-refractivity contribution in [3.63, 3.8) is 0 Å². The van der Waals surface area contributed by atoms with Crippen molar-refractivity contribution in [1.82, 2.24) is 9.97 Å². The summed E-state index contributed by atoms with van der Waals surface area (Å²) in [4.78, 5) is 8.59. The number of hydrogen-bond donors (Lipinski definition) is 1. The van der Waals surface area contributed by atoms with Crippen molar-refractivity contribution in [3.05, 3.63) is 15.1 Å². The Morgan fingerprint density at radius 1 is 1.33 bits per heavy atom. The molecule has 84 valence electrons. The van der Waals surface area contributed by atoms with Crippen molar-refractivity contribution >= 4 is 28.4 Å². The first kappa shape index (κ1) is 12.6. The Kier molecular flexibility index (Phi) is 5.24. The van der Waals surface area contributed by atoms with Gasteiger partial charge in [0.05, 0.1) is 9.26 Å². The molecule has 1 aromatic rings. The number of nitrogen functional groups attached to an aromatic ring is 1. The summed E-state index contributed by atoms with van der Waals surface area (Å²) in [5.74, 6) is 1.23. The van der Waals surface area contributed by atoms with E-state index in [0.717, 1.165) is 28.7 Å². The van der Waals surface area contributed by atoms with Crippen LogP contribution in [0, 0.1) is 3.57 Å². The van der Waals surface area contributed by atoms with Crippen molar-refractivity contribution in [2.24, 2.45) is 0 Å². The predicted molar refractivity (Wildman–Crippen MR) is 68.5 cm³/mol. The molecule has 0 atom stereocenters. The average molecular weight is 321 g/mol. The zero-order valence-electron chi connectivity index (χ0n) is 9.09. The molecule has 0 aliphatic carbocycles. The lowest BCUT2D eigenvalue weighted by Gasteiger charge is -2.07. The van der Waals surface area contributed by atoms with Gasteiger partial charge < -0.3 is 10.5 Å². The van der Waals surface area contributed by atoms with Crippen molar-refractivity contribution in [1.29, 1.82) is 0 Å². The highest BCUT2D eigenvalue weighted by molar-refractivity contribution is 14.1. The van der Waals surface area contributed by atoms with E-state index in [1.54, 1.807) is 0 Å². The minimum Gasteiger partial charge on any atom is -0.383 e. The van der Waals surface area contributed by atoms with Gasteiger partial charge in [0.1, 0.15) is 12.4 Å². The molecule has 0 amide bonds. The lowest BCUT2D eigenvalue weighted by Crippen LogP contribution is -2.08. The maximum absolute atomic E-state index is 5.79. The van der Waals surface area contributed by atoms with Crippen LogP contribution >= 0.6 is 22.6 Å². The Labute approximate surface area is 104 Å². The summed E-state index contributed by atoms with van der Waals surface area (Å²) in [7, 11) is 0. The summed E-state index contributed by atoms with van der Waals surface area (Å²) >= 11 is 2.18. The second-order valence-electron chi connectivity index (χ2n) is 3.19. The molecular formula is C10H16IN3O. The summed E-state index contributed by atoms with van der Waals surface area (Å²) in [6.07, 6.45) is 1.87. The van der Waals surface area contributed by atoms with E-state index in [4.69, 9.17) is 10.5 Å². The number of rotatable bonds is 5. The van der Waals surface area contributed by atoms with Gasteiger partial charge in [-0.1, -0.05) is 13.8 Å². The van der Waals surface area contributed by atoms with Gasteiger partial charge in [0.15, 0.2) is 5.82 Å². The summed E-state index contributed by atoms with van der Waals surface area (Å²) < 4.78 is 6.33. The Morgan fingerprint density at radius 2 is 2.07 bits per heavy atom. The molecule has 0 spiro atoms. The van der Waals surface area contributed by atoms with E-state index in [1.807, 2.05) is 0 Å². The molecule has 0 saturated carbocycles. The highest BCUT2D eigenvalue weighted by Gasteiger charge is 2.08. The third kappa shape index (κ3) is 3.57. The summed E-state index contributed by atoms with van der Waals surface area (Å²) in [6.45, 7) is 5.31. The molecule has 0 saturated heterocycles. The van der Waals surface area contributed by atoms with Crippen molar-refractivity contribution in [2.75, 3.05) is 12.3 Å². The van der Waals surface area contributed by atoms with Gasteiger partial charge in [-0.15, -0.1) is 0 Å². The molecule has 1 heterocycles. The van der Waals surface area contributed by atoms with E-state index in [9.17, 15) is 0 Å². The van der Waals surface area contributed by atoms with E-state index in [1.165, 1.54) is 0 Å². The fourth-order valence-electron chi connectivity index (χ4n) is 1.17. The minimum atomic E-state index is 0.446. The third-order valence-electron chi connectivity index (χ3n) is 1.91. The SMILES string of the molecule is CCCOCc1nc(N)c(I)c(CC)n1. The first-order valence-corrected chi connectivity index (χ1v) is 6.15. The van der Waals surface area contributed by atoms with Gasteiger partial charge in [-0.3, -0.25) is 0 Å². The standard InChI is InChI=1S/C10H16IN3O/c1-3-5-15-6-8-13-7(4-2)9(11)10(12)14-8/h3-6H2,1-2H3,(H2,12,13,14). The van der Waals surface area contributed by atoms with Gasteiger partial charge in [-0.05, 0) is 35.4 Å². The number of halogens is 1. The van der Waals surface area contributed by atoms with Gasteiger partial charge in [-0.25, -0.2) is 9.97 Å². The Hall–Kier alpha value is -0.430. The van der Waals surface area contributed by atoms with Crippen LogP contribution in [0.1, 0.15) is 31.8 Å². The van der Waals surface area contributed by atoms with Crippen LogP contribution < -0.4 is 5.73 Å². The quantitative estimate of drug-likeness (QED) is 0.667. The largest absolute Gasteiger partial charge is 0.383 e. The fraction of sp³-hybridized carbons (Fsp3) is 0.600. The Bertz CT molecular complexity index is 331. The number of nitrogens with zero attached hydrogens (tertiary/aromatic N) is 2. The second-order valence-corrected chi connectivity index (χ2v) is 4.27. The van der Waals surface area contributed by atoms with E-state index in [0.29, 0.717) is 18.2 Å². The van der Waals surface area contributed by atoms with Crippen LogP contribution in [0.2, 0.25) is 0 Å². The summed E-state index contributed by atoms with van der Waals surface area (Å²) in [5, 5.41) is 0. The van der Waals surface area contributed by atoms with Gasteiger partial charge >= 0.3 is 0 Å². The predicted octanol–water partition coefficient (Wildman–Crippen LogP) is 2.15. The molecule has 1 rings (SSSR count). The third-order valence-corrected chi connectivity index (χ3v) is 3.08. The van der Waals surface area contributed by atoms with Crippen LogP contribution in [0.4, 0.5) is 5.82 Å². The maximum Gasteiger partial charge on any atom is 0.156 e. The number of nitrogens with two attached hydrogens (primary N) is 1. The number of hydrogen-bond acceptors (Lipinski definition) is 4. The molecule has 15 heavy (non-hydrogen) atoms. The summed E-state index contributed by atoms with van der Waals surface area (Å²) in [6, 6.07) is 0. The molecule has 2 N–H and O–H groups in total. The van der Waals surface area contributed by atoms with Crippen LogP contribution in [0.15, 0.2) is 0 Å². The van der Waals surface area contributed by atoms with Crippen molar-refractivity contribution in [2.45, 2.75) is 33.3 Å². The Morgan fingerprint density at radius 3 is 2.67 bits per heavy atom. The molecule has 0 bridgehead atoms. The van der Waals surface area contributed by atoms with Gasteiger partial charge in [-0.2, -0.15) is 0 Å². The van der Waals surface area contributed by atoms with Crippen LogP contribution in [0.5, 0.6) is 0 Å². The van der Waals surface area contributed by atoms with Gasteiger partial charge in [0.2, 0.25) is 0 Å². The molecule has 0 unspecified atom stereocenters. The molecule has 0 aliphatic rings. The first-order chi connectivity index (χ1) is 7.19. The minimum absolute atomic E-state index is 0.446. The average Bonchev–Trinajstić information content (AvgIpc) is 2.23. The smallest absolute Gasteiger partial charge is 0.156 e. The second kappa shape index (κ2) is 6.22. The molecule has 1 aromatic heterocycles. The maximum atomic E-state index is 5.79. The van der Waals surface area contributed by atoms with Crippen molar-refractivity contribution < 1.29 is 4.74 Å². The lowest BCUT2D eigenvalue weighted by molar-refractivity contribution is 0.116. The number of aromatic nitrogens is 2. The highest BCUT2D eigenvalue weighted by Crippen LogP contribution is 2.16. The molecule has 0 fully saturated rings. The van der Waals surface area contributed by atoms with Crippen LogP contribution in [0.25, 0.3) is 0 Å². The fourth-order valence-corrected chi connectivity index (χ4v) is 1.80. The molecule has 0 aromatic carbocycles. The zero-order chi connectivity index (χ0) is 11.3. The normalized spacial score (nSPS) is 10.6. The van der Waals surface area contributed by atoms with Crippen LogP contribution in [-0.2, 0) is 17.8 Å².